The topological polar surface area (TPSA) is 73.9 Å². The molecule has 0 spiro atoms. The highest BCUT2D eigenvalue weighted by atomic mass is 32.2. The average molecular weight is 550 g/mol. The molecule has 0 bridgehead atoms. The second kappa shape index (κ2) is 14.0. The van der Waals surface area contributed by atoms with Crippen molar-refractivity contribution in [1.82, 2.24) is 5.32 Å². The van der Waals surface area contributed by atoms with Gasteiger partial charge in [-0.3, -0.25) is 14.1 Å². The zero-order chi connectivity index (χ0) is 26.9. The molecule has 1 N–H and O–H groups in total. The quantitative estimate of drug-likeness (QED) is 0.248. The largest absolute Gasteiger partial charge is 0.496 e. The maximum atomic E-state index is 14.1. The van der Waals surface area contributed by atoms with Crippen molar-refractivity contribution in [2.45, 2.75) is 88.9 Å². The summed E-state index contributed by atoms with van der Waals surface area (Å²) in [5.74, 6) is 1.15. The number of hydrogen-bond acceptors (Lipinski definition) is 6. The Hall–Kier alpha value is -1.50. The molecule has 1 heterocycles. The molecular formula is C29H44NO5PS. The van der Waals surface area contributed by atoms with Crippen LogP contribution in [0.25, 0.3) is 0 Å². The molecule has 1 aliphatic rings. The van der Waals surface area contributed by atoms with Gasteiger partial charge in [0.25, 0.3) is 0 Å². The third kappa shape index (κ3) is 7.54. The Morgan fingerprint density at radius 2 is 1.62 bits per heavy atom. The highest BCUT2D eigenvalue weighted by molar-refractivity contribution is 7.85. The van der Waals surface area contributed by atoms with Crippen LogP contribution in [0.4, 0.5) is 0 Å². The molecule has 0 radical (unpaired) electrons. The van der Waals surface area contributed by atoms with Gasteiger partial charge < -0.3 is 13.8 Å². The summed E-state index contributed by atoms with van der Waals surface area (Å²) < 4.78 is 44.4. The Kier molecular flexibility index (Phi) is 11.4. The van der Waals surface area contributed by atoms with Gasteiger partial charge >= 0.3 is 7.60 Å². The number of rotatable bonds is 14. The lowest BCUT2D eigenvalue weighted by Crippen LogP contribution is -2.50. The van der Waals surface area contributed by atoms with Crippen LogP contribution in [0.1, 0.15) is 89.0 Å². The van der Waals surface area contributed by atoms with Gasteiger partial charge in [0.1, 0.15) is 5.75 Å². The minimum absolute atomic E-state index is 0.0720. The normalized spacial score (nSPS) is 19.3. The Morgan fingerprint density at radius 1 is 1.00 bits per heavy atom. The lowest BCUT2D eigenvalue weighted by molar-refractivity contribution is 0.219. The monoisotopic (exact) mass is 549 g/mol. The number of hydrogen-bond donors (Lipinski definition) is 1. The number of ether oxygens (including phenoxy) is 1. The van der Waals surface area contributed by atoms with Gasteiger partial charge in [0, 0.05) is 21.8 Å². The predicted molar refractivity (Wildman–Crippen MR) is 152 cm³/mol. The summed E-state index contributed by atoms with van der Waals surface area (Å²) in [4.78, 5) is 0.770. The Balaban J connectivity index is 2.17. The number of methoxy groups -OCH3 is 1. The fourth-order valence-corrected chi connectivity index (χ4v) is 8.64. The highest BCUT2D eigenvalue weighted by Crippen LogP contribution is 2.53. The van der Waals surface area contributed by atoms with E-state index >= 15 is 0 Å². The molecule has 0 aliphatic carbocycles. The van der Waals surface area contributed by atoms with Crippen molar-refractivity contribution < 1.29 is 22.6 Å². The molecule has 37 heavy (non-hydrogen) atoms. The van der Waals surface area contributed by atoms with E-state index in [0.717, 1.165) is 54.5 Å². The van der Waals surface area contributed by atoms with E-state index in [4.69, 9.17) is 13.8 Å². The lowest BCUT2D eigenvalue weighted by atomic mass is 9.86. The zero-order valence-electron chi connectivity index (χ0n) is 23.1. The third-order valence-corrected chi connectivity index (χ3v) is 10.7. The molecule has 0 saturated carbocycles. The van der Waals surface area contributed by atoms with Crippen molar-refractivity contribution in [2.24, 2.45) is 0 Å². The lowest BCUT2D eigenvalue weighted by Gasteiger charge is -2.37. The fourth-order valence-electron chi connectivity index (χ4n) is 5.19. The van der Waals surface area contributed by atoms with E-state index in [9.17, 15) is 8.77 Å². The second-order valence-electron chi connectivity index (χ2n) is 9.77. The molecule has 206 valence electrons. The first-order valence-corrected chi connectivity index (χ1v) is 16.7. The van der Waals surface area contributed by atoms with Gasteiger partial charge in [-0.1, -0.05) is 69.9 Å². The molecule has 0 aromatic heterocycles. The first-order valence-electron chi connectivity index (χ1n) is 13.6. The summed E-state index contributed by atoms with van der Waals surface area (Å²) in [5.41, 5.74) is 2.53. The fraction of sp³-hybridized carbons (Fsp3) is 0.586. The smallest absolute Gasteiger partial charge is 0.335 e. The average Bonchev–Trinajstić information content (AvgIpc) is 3.01. The van der Waals surface area contributed by atoms with Crippen molar-refractivity contribution >= 4 is 18.4 Å². The van der Waals surface area contributed by atoms with Crippen LogP contribution < -0.4 is 10.1 Å². The first-order chi connectivity index (χ1) is 17.8. The van der Waals surface area contributed by atoms with Crippen LogP contribution in [-0.4, -0.2) is 35.8 Å². The Labute approximate surface area is 225 Å². The van der Waals surface area contributed by atoms with Crippen LogP contribution >= 0.6 is 7.60 Å². The summed E-state index contributed by atoms with van der Waals surface area (Å²) in [6.45, 7) is 8.59. The maximum Gasteiger partial charge on any atom is 0.335 e. The minimum atomic E-state index is -3.37. The molecule has 0 fully saturated rings. The van der Waals surface area contributed by atoms with E-state index in [1.54, 1.807) is 21.0 Å². The molecule has 2 atom stereocenters. The van der Waals surface area contributed by atoms with Crippen molar-refractivity contribution in [3.8, 4) is 5.75 Å². The highest BCUT2D eigenvalue weighted by Gasteiger charge is 2.40. The minimum Gasteiger partial charge on any atom is -0.496 e. The number of nitrogens with one attached hydrogen (secondary N) is 1. The molecule has 2 aromatic carbocycles. The number of benzene rings is 2. The van der Waals surface area contributed by atoms with Crippen LogP contribution in [0.5, 0.6) is 5.75 Å². The van der Waals surface area contributed by atoms with E-state index < -0.39 is 18.4 Å². The van der Waals surface area contributed by atoms with Crippen LogP contribution in [0, 0.1) is 0 Å². The van der Waals surface area contributed by atoms with E-state index in [1.807, 2.05) is 30.3 Å². The zero-order valence-corrected chi connectivity index (χ0v) is 24.8. The summed E-state index contributed by atoms with van der Waals surface area (Å²) in [6, 6.07) is 14.1. The van der Waals surface area contributed by atoms with Crippen LogP contribution in [0.3, 0.4) is 0 Å². The summed E-state index contributed by atoms with van der Waals surface area (Å²) in [7, 11) is -3.01. The summed E-state index contributed by atoms with van der Waals surface area (Å²) >= 11 is 0. The Bertz CT molecular complexity index is 1060. The van der Waals surface area contributed by atoms with Gasteiger partial charge in [-0.2, -0.15) is 0 Å². The van der Waals surface area contributed by atoms with Gasteiger partial charge in [0.15, 0.2) is 0 Å². The number of unbranched alkanes of at least 4 members (excludes halogenated alkanes) is 2. The predicted octanol–water partition coefficient (Wildman–Crippen LogP) is 7.38. The molecule has 2 aromatic rings. The van der Waals surface area contributed by atoms with E-state index in [-0.39, 0.29) is 31.0 Å². The van der Waals surface area contributed by atoms with Gasteiger partial charge in [0.2, 0.25) is 0 Å². The van der Waals surface area contributed by atoms with E-state index in [0.29, 0.717) is 17.1 Å². The molecule has 2 unspecified atom stereocenters. The van der Waals surface area contributed by atoms with Crippen LogP contribution in [0.2, 0.25) is 0 Å². The van der Waals surface area contributed by atoms with Crippen LogP contribution in [0.15, 0.2) is 47.4 Å². The summed E-state index contributed by atoms with van der Waals surface area (Å²) in [6.07, 6.45) is 6.35. The first kappa shape index (κ1) is 30.0. The molecule has 6 nitrogen and oxygen atoms in total. The molecule has 1 aliphatic heterocycles. The molecule has 0 saturated heterocycles. The molecular weight excluding hydrogens is 505 g/mol. The van der Waals surface area contributed by atoms with Crippen molar-refractivity contribution in [3.63, 3.8) is 0 Å². The van der Waals surface area contributed by atoms with Gasteiger partial charge in [-0.25, -0.2) is 0 Å². The SMILES string of the molecule is CCCCC1(CCCC)CS(=O)c2cc(CP(=O)(OCC)OCC)c(OC)cc2C(c2ccccc2)N1. The molecule has 3 rings (SSSR count). The molecule has 0 amide bonds. The maximum absolute atomic E-state index is 14.1. The second-order valence-corrected chi connectivity index (χ2v) is 13.2. The summed E-state index contributed by atoms with van der Waals surface area (Å²) in [5, 5.41) is 4.01. The van der Waals surface area contributed by atoms with Crippen molar-refractivity contribution in [2.75, 3.05) is 26.1 Å². The van der Waals surface area contributed by atoms with Crippen LogP contribution in [-0.2, 0) is 30.6 Å². The van der Waals surface area contributed by atoms with Crippen molar-refractivity contribution in [1.29, 1.82) is 0 Å². The van der Waals surface area contributed by atoms with Gasteiger partial charge in [-0.05, 0) is 49.9 Å². The van der Waals surface area contributed by atoms with Crippen molar-refractivity contribution in [3.05, 3.63) is 59.2 Å². The van der Waals surface area contributed by atoms with E-state index in [1.165, 1.54) is 0 Å². The Morgan fingerprint density at radius 3 is 2.16 bits per heavy atom. The standard InChI is InChI=1S/C29H44NO5PS/c1-6-10-17-29(18-11-7-2)22-37(32)27-19-24(21-36(31,34-8-3)35-9-4)26(33-5)20-25(27)28(30-29)23-15-13-12-14-16-23/h12-16,19-20,28,30H,6-11,17-18,21-22H2,1-5H3. The number of fused-ring (bicyclic) bond motifs is 1. The molecule has 8 heteroatoms. The van der Waals surface area contributed by atoms with Gasteiger partial charge in [0.05, 0.1) is 43.3 Å². The third-order valence-electron chi connectivity index (χ3n) is 6.99. The van der Waals surface area contributed by atoms with E-state index in [2.05, 4.69) is 31.3 Å². The van der Waals surface area contributed by atoms with Gasteiger partial charge in [-0.15, -0.1) is 0 Å².